The molecule has 0 atom stereocenters. The van der Waals surface area contributed by atoms with E-state index >= 15 is 0 Å². The van der Waals surface area contributed by atoms with Crippen LogP contribution in [-0.4, -0.2) is 58.7 Å². The molecule has 1 amide bonds. The van der Waals surface area contributed by atoms with Crippen molar-refractivity contribution in [1.29, 1.82) is 0 Å². The smallest absolute Gasteiger partial charge is 0.231 e. The Morgan fingerprint density at radius 3 is 2.64 bits per heavy atom. The Kier molecular flexibility index (Phi) is 5.14. The van der Waals surface area contributed by atoms with E-state index in [1.807, 2.05) is 41.3 Å². The van der Waals surface area contributed by atoms with E-state index in [4.69, 9.17) is 4.74 Å². The zero-order valence-electron chi connectivity index (χ0n) is 16.3. The van der Waals surface area contributed by atoms with Gasteiger partial charge in [0.1, 0.15) is 5.75 Å². The number of aromatic nitrogens is 3. The van der Waals surface area contributed by atoms with Gasteiger partial charge in [-0.05, 0) is 43.2 Å². The summed E-state index contributed by atoms with van der Waals surface area (Å²) >= 11 is 0. The highest BCUT2D eigenvalue weighted by molar-refractivity contribution is 5.79. The summed E-state index contributed by atoms with van der Waals surface area (Å²) < 4.78 is 7.26. The number of carbonyl (C=O) groups excluding carboxylic acids is 1. The third kappa shape index (κ3) is 3.65. The van der Waals surface area contributed by atoms with Gasteiger partial charge in [0, 0.05) is 31.9 Å². The summed E-state index contributed by atoms with van der Waals surface area (Å²) in [5.74, 6) is 1.82. The van der Waals surface area contributed by atoms with Gasteiger partial charge < -0.3 is 14.5 Å². The maximum atomic E-state index is 12.8. The van der Waals surface area contributed by atoms with Gasteiger partial charge in [-0.15, -0.1) is 10.2 Å². The largest absolute Gasteiger partial charge is 0.497 e. The Bertz CT molecular complexity index is 967. The highest BCUT2D eigenvalue weighted by atomic mass is 16.5. The fourth-order valence-corrected chi connectivity index (χ4v) is 3.68. The number of hydrogen-bond acceptors (Lipinski definition) is 5. The summed E-state index contributed by atoms with van der Waals surface area (Å²) in [6.45, 7) is 5.13. The molecule has 7 nitrogen and oxygen atoms in total. The summed E-state index contributed by atoms with van der Waals surface area (Å²) in [6.07, 6.45) is 1.33. The van der Waals surface area contributed by atoms with Crippen molar-refractivity contribution in [2.75, 3.05) is 38.2 Å². The monoisotopic (exact) mass is 379 g/mol. The zero-order chi connectivity index (χ0) is 19.5. The van der Waals surface area contributed by atoms with E-state index < -0.39 is 0 Å². The lowest BCUT2D eigenvalue weighted by Crippen LogP contribution is -2.36. The first-order valence-corrected chi connectivity index (χ1v) is 9.62. The molecule has 0 saturated carbocycles. The number of rotatable bonds is 4. The first-order valence-electron chi connectivity index (χ1n) is 9.62. The summed E-state index contributed by atoms with van der Waals surface area (Å²) in [5, 5.41) is 8.69. The number of benzene rings is 1. The van der Waals surface area contributed by atoms with Gasteiger partial charge in [0.15, 0.2) is 5.65 Å². The summed E-state index contributed by atoms with van der Waals surface area (Å²) in [4.78, 5) is 17.0. The van der Waals surface area contributed by atoms with Crippen molar-refractivity contribution < 1.29 is 9.53 Å². The highest BCUT2D eigenvalue weighted by Gasteiger charge is 2.22. The predicted octanol–water partition coefficient (Wildman–Crippen LogP) is 2.33. The lowest BCUT2D eigenvalue weighted by Gasteiger charge is -2.22. The summed E-state index contributed by atoms with van der Waals surface area (Å²) in [5.41, 5.74) is 2.96. The maximum Gasteiger partial charge on any atom is 0.231 e. The molecule has 1 aliphatic rings. The number of nitrogens with zero attached hydrogens (tertiary/aromatic N) is 5. The molecule has 1 aliphatic heterocycles. The van der Waals surface area contributed by atoms with Crippen molar-refractivity contribution in [2.24, 2.45) is 0 Å². The number of anilines is 1. The van der Waals surface area contributed by atoms with Gasteiger partial charge in [-0.3, -0.25) is 9.20 Å². The Labute approximate surface area is 164 Å². The lowest BCUT2D eigenvalue weighted by atomic mass is 10.1. The van der Waals surface area contributed by atoms with Crippen LogP contribution in [-0.2, 0) is 11.2 Å². The van der Waals surface area contributed by atoms with E-state index in [0.717, 1.165) is 54.7 Å². The average Bonchev–Trinajstić information content (AvgIpc) is 3.00. The molecule has 2 aromatic heterocycles. The highest BCUT2D eigenvalue weighted by Crippen LogP contribution is 2.19. The average molecular weight is 379 g/mol. The molecule has 0 bridgehead atoms. The minimum absolute atomic E-state index is 0.161. The molecule has 0 N–H and O–H groups in total. The van der Waals surface area contributed by atoms with Crippen LogP contribution >= 0.6 is 0 Å². The third-order valence-corrected chi connectivity index (χ3v) is 5.25. The van der Waals surface area contributed by atoms with E-state index in [2.05, 4.69) is 32.5 Å². The van der Waals surface area contributed by atoms with Crippen LogP contribution in [0.4, 0.5) is 5.95 Å². The maximum absolute atomic E-state index is 12.8. The van der Waals surface area contributed by atoms with Crippen LogP contribution < -0.4 is 9.64 Å². The van der Waals surface area contributed by atoms with E-state index in [9.17, 15) is 4.79 Å². The van der Waals surface area contributed by atoms with Crippen LogP contribution in [0, 0.1) is 6.92 Å². The van der Waals surface area contributed by atoms with Crippen molar-refractivity contribution >= 4 is 17.5 Å². The van der Waals surface area contributed by atoms with Crippen LogP contribution in [0.5, 0.6) is 5.75 Å². The number of hydrogen-bond donors (Lipinski definition) is 0. The molecule has 0 spiro atoms. The molecular formula is C21H25N5O2. The molecule has 28 heavy (non-hydrogen) atoms. The van der Waals surface area contributed by atoms with Crippen molar-refractivity contribution in [1.82, 2.24) is 19.5 Å². The molecule has 0 aliphatic carbocycles. The summed E-state index contributed by atoms with van der Waals surface area (Å²) in [7, 11) is 1.64. The second-order valence-electron chi connectivity index (χ2n) is 7.11. The van der Waals surface area contributed by atoms with Crippen LogP contribution in [0.3, 0.4) is 0 Å². The van der Waals surface area contributed by atoms with Gasteiger partial charge in [0.25, 0.3) is 0 Å². The molecule has 7 heteroatoms. The van der Waals surface area contributed by atoms with E-state index in [1.54, 1.807) is 7.11 Å². The van der Waals surface area contributed by atoms with Crippen molar-refractivity contribution in [2.45, 2.75) is 19.8 Å². The standard InChI is InChI=1S/C21H25N5O2/c1-16-5-3-6-19-22-23-21(26(16)19)25-12-4-11-24(13-14-25)20(27)15-17-7-9-18(28-2)10-8-17/h3,5-10H,4,11-15H2,1-2H3. The van der Waals surface area contributed by atoms with Crippen molar-refractivity contribution in [3.63, 3.8) is 0 Å². The van der Waals surface area contributed by atoms with Gasteiger partial charge in [0.05, 0.1) is 13.5 Å². The quantitative estimate of drug-likeness (QED) is 0.696. The molecule has 0 unspecified atom stereocenters. The van der Waals surface area contributed by atoms with E-state index in [1.165, 1.54) is 0 Å². The molecule has 3 aromatic rings. The van der Waals surface area contributed by atoms with Gasteiger partial charge in [-0.2, -0.15) is 0 Å². The first-order chi connectivity index (χ1) is 13.7. The first kappa shape index (κ1) is 18.3. The molecule has 146 valence electrons. The second-order valence-corrected chi connectivity index (χ2v) is 7.11. The Hall–Kier alpha value is -3.09. The van der Waals surface area contributed by atoms with Gasteiger partial charge in [-0.1, -0.05) is 18.2 Å². The summed E-state index contributed by atoms with van der Waals surface area (Å²) in [6, 6.07) is 13.7. The van der Waals surface area contributed by atoms with Crippen molar-refractivity contribution in [3.05, 3.63) is 53.7 Å². The van der Waals surface area contributed by atoms with Crippen LogP contribution in [0.15, 0.2) is 42.5 Å². The zero-order valence-corrected chi connectivity index (χ0v) is 16.3. The van der Waals surface area contributed by atoms with E-state index in [-0.39, 0.29) is 5.91 Å². The van der Waals surface area contributed by atoms with E-state index in [0.29, 0.717) is 13.0 Å². The fourth-order valence-electron chi connectivity index (χ4n) is 3.68. The molecule has 1 saturated heterocycles. The van der Waals surface area contributed by atoms with Crippen LogP contribution in [0.1, 0.15) is 17.7 Å². The molecule has 1 fully saturated rings. The number of pyridine rings is 1. The normalized spacial score (nSPS) is 14.9. The molecule has 4 rings (SSSR count). The minimum Gasteiger partial charge on any atom is -0.497 e. The van der Waals surface area contributed by atoms with Gasteiger partial charge in [-0.25, -0.2) is 0 Å². The SMILES string of the molecule is COc1ccc(CC(=O)N2CCCN(c3nnc4cccc(C)n34)CC2)cc1. The minimum atomic E-state index is 0.161. The Balaban J connectivity index is 1.43. The van der Waals surface area contributed by atoms with Crippen molar-refractivity contribution in [3.8, 4) is 5.75 Å². The van der Waals surface area contributed by atoms with Crippen LogP contribution in [0.2, 0.25) is 0 Å². The lowest BCUT2D eigenvalue weighted by molar-refractivity contribution is -0.130. The predicted molar refractivity (Wildman–Crippen MR) is 108 cm³/mol. The Morgan fingerprint density at radius 1 is 1.04 bits per heavy atom. The topological polar surface area (TPSA) is 63.0 Å². The van der Waals surface area contributed by atoms with Crippen LogP contribution in [0.25, 0.3) is 5.65 Å². The molecule has 1 aromatic carbocycles. The molecular weight excluding hydrogens is 354 g/mol. The fraction of sp³-hybridized carbons (Fsp3) is 0.381. The molecule has 0 radical (unpaired) electrons. The second kappa shape index (κ2) is 7.88. The number of fused-ring (bicyclic) bond motifs is 1. The molecule has 3 heterocycles. The Morgan fingerprint density at radius 2 is 1.86 bits per heavy atom. The van der Waals surface area contributed by atoms with Gasteiger partial charge in [0.2, 0.25) is 11.9 Å². The number of amides is 1. The number of ether oxygens (including phenoxy) is 1. The van der Waals surface area contributed by atoms with Gasteiger partial charge >= 0.3 is 0 Å². The number of aryl methyl sites for hydroxylation is 1. The third-order valence-electron chi connectivity index (χ3n) is 5.25. The number of carbonyl (C=O) groups is 1. The number of methoxy groups -OCH3 is 1.